The summed E-state index contributed by atoms with van der Waals surface area (Å²) in [6.45, 7) is 11.1. The van der Waals surface area contributed by atoms with Crippen molar-refractivity contribution in [1.82, 2.24) is 9.97 Å². The largest absolute Gasteiger partial charge is 0.241 e. The van der Waals surface area contributed by atoms with Gasteiger partial charge in [-0.05, 0) is 17.9 Å². The first-order valence-corrected chi connectivity index (χ1v) is 5.83. The van der Waals surface area contributed by atoms with Crippen LogP contribution in [0.3, 0.4) is 0 Å². The average Bonchev–Trinajstić information content (AvgIpc) is 2.13. The van der Waals surface area contributed by atoms with Crippen molar-refractivity contribution >= 4 is 6.08 Å². The van der Waals surface area contributed by atoms with E-state index in [2.05, 4.69) is 56.7 Å². The highest BCUT2D eigenvalue weighted by Crippen LogP contribution is 2.35. The van der Waals surface area contributed by atoms with Crippen LogP contribution in [-0.2, 0) is 11.8 Å². The Bertz CT molecular complexity index is 437. The molecule has 0 saturated heterocycles. The van der Waals surface area contributed by atoms with Crippen LogP contribution in [0.5, 0.6) is 0 Å². The van der Waals surface area contributed by atoms with Crippen molar-refractivity contribution in [2.24, 2.45) is 5.41 Å². The summed E-state index contributed by atoms with van der Waals surface area (Å²) in [5.41, 5.74) is 3.92. The Balaban J connectivity index is 2.58. The third-order valence-electron chi connectivity index (χ3n) is 3.01. The maximum atomic E-state index is 4.48. The summed E-state index contributed by atoms with van der Waals surface area (Å²) >= 11 is 0. The molecule has 1 aliphatic carbocycles. The molecular weight excluding hydrogens is 196 g/mol. The number of allylic oxidation sites excluding steroid dienone is 1. The van der Waals surface area contributed by atoms with Crippen LogP contribution in [0, 0.1) is 5.41 Å². The molecule has 0 saturated carbocycles. The van der Waals surface area contributed by atoms with Crippen LogP contribution in [0.2, 0.25) is 0 Å². The van der Waals surface area contributed by atoms with Crippen molar-refractivity contribution in [2.45, 2.75) is 46.5 Å². The van der Waals surface area contributed by atoms with E-state index in [1.54, 1.807) is 6.33 Å². The van der Waals surface area contributed by atoms with Crippen LogP contribution in [0.15, 0.2) is 12.4 Å². The molecule has 2 heteroatoms. The van der Waals surface area contributed by atoms with Gasteiger partial charge in [-0.1, -0.05) is 40.7 Å². The maximum absolute atomic E-state index is 4.48. The van der Waals surface area contributed by atoms with Gasteiger partial charge in [-0.2, -0.15) is 0 Å². The third kappa shape index (κ3) is 2.01. The van der Waals surface area contributed by atoms with E-state index in [-0.39, 0.29) is 10.8 Å². The van der Waals surface area contributed by atoms with E-state index in [1.165, 1.54) is 11.3 Å². The van der Waals surface area contributed by atoms with E-state index in [9.17, 15) is 0 Å². The summed E-state index contributed by atoms with van der Waals surface area (Å²) in [7, 11) is 0. The molecule has 0 unspecified atom stereocenters. The Kier molecular flexibility index (Phi) is 2.41. The van der Waals surface area contributed by atoms with Crippen LogP contribution >= 0.6 is 0 Å². The average molecular weight is 216 g/mol. The molecule has 0 N–H and O–H groups in total. The monoisotopic (exact) mass is 216 g/mol. The van der Waals surface area contributed by atoms with Crippen molar-refractivity contribution < 1.29 is 0 Å². The van der Waals surface area contributed by atoms with Crippen molar-refractivity contribution in [1.29, 1.82) is 0 Å². The van der Waals surface area contributed by atoms with Gasteiger partial charge in [0, 0.05) is 11.0 Å². The van der Waals surface area contributed by atoms with Gasteiger partial charge >= 0.3 is 0 Å². The van der Waals surface area contributed by atoms with Crippen LogP contribution in [0.4, 0.5) is 0 Å². The van der Waals surface area contributed by atoms with Crippen molar-refractivity contribution in [2.75, 3.05) is 0 Å². The lowest BCUT2D eigenvalue weighted by Crippen LogP contribution is -2.24. The molecule has 86 valence electrons. The van der Waals surface area contributed by atoms with Crippen LogP contribution in [0.1, 0.15) is 51.6 Å². The first kappa shape index (κ1) is 11.3. The highest BCUT2D eigenvalue weighted by Gasteiger charge is 2.28. The first-order chi connectivity index (χ1) is 7.30. The molecule has 16 heavy (non-hydrogen) atoms. The zero-order chi connectivity index (χ0) is 12.0. The maximum Gasteiger partial charge on any atom is 0.116 e. The fourth-order valence-electron chi connectivity index (χ4n) is 2.21. The van der Waals surface area contributed by atoms with Crippen LogP contribution in [0.25, 0.3) is 6.08 Å². The molecule has 0 amide bonds. The topological polar surface area (TPSA) is 25.8 Å². The molecule has 2 nitrogen and oxygen atoms in total. The zero-order valence-electron chi connectivity index (χ0n) is 10.8. The number of aromatic nitrogens is 2. The Morgan fingerprint density at radius 1 is 1.19 bits per heavy atom. The molecule has 1 heterocycles. The number of hydrogen-bond acceptors (Lipinski definition) is 2. The standard InChI is InChI=1S/C14H20N2/c1-13(2,3)12-10-8-14(4,5)7-6-11(10)15-9-16-12/h6-7,9H,8H2,1-5H3. The molecule has 0 aromatic carbocycles. The summed E-state index contributed by atoms with van der Waals surface area (Å²) in [5, 5.41) is 0. The summed E-state index contributed by atoms with van der Waals surface area (Å²) in [4.78, 5) is 8.84. The SMILES string of the molecule is CC1(C)C=Cc2ncnc(C(C)(C)C)c2C1. The van der Waals surface area contributed by atoms with E-state index >= 15 is 0 Å². The second-order valence-electron chi connectivity index (χ2n) is 6.33. The smallest absolute Gasteiger partial charge is 0.116 e. The van der Waals surface area contributed by atoms with Crippen LogP contribution < -0.4 is 0 Å². The molecule has 0 spiro atoms. The summed E-state index contributed by atoms with van der Waals surface area (Å²) in [6, 6.07) is 0. The molecule has 0 atom stereocenters. The highest BCUT2D eigenvalue weighted by atomic mass is 14.9. The number of nitrogens with zero attached hydrogens (tertiary/aromatic N) is 2. The van der Waals surface area contributed by atoms with Gasteiger partial charge in [-0.3, -0.25) is 0 Å². The molecular formula is C14H20N2. The van der Waals surface area contributed by atoms with E-state index in [4.69, 9.17) is 0 Å². The van der Waals surface area contributed by atoms with Crippen LogP contribution in [-0.4, -0.2) is 9.97 Å². The first-order valence-electron chi connectivity index (χ1n) is 5.83. The van der Waals surface area contributed by atoms with Gasteiger partial charge in [0.15, 0.2) is 0 Å². The van der Waals surface area contributed by atoms with E-state index in [0.29, 0.717) is 0 Å². The molecule has 1 aromatic heterocycles. The predicted molar refractivity (Wildman–Crippen MR) is 67.3 cm³/mol. The summed E-state index contributed by atoms with van der Waals surface area (Å²) in [6.07, 6.45) is 7.10. The van der Waals surface area contributed by atoms with E-state index in [0.717, 1.165) is 12.1 Å². The second kappa shape index (κ2) is 3.41. The van der Waals surface area contributed by atoms with Crippen molar-refractivity contribution in [3.05, 3.63) is 29.4 Å². The van der Waals surface area contributed by atoms with Gasteiger partial charge < -0.3 is 0 Å². The number of rotatable bonds is 0. The fraction of sp³-hybridized carbons (Fsp3) is 0.571. The van der Waals surface area contributed by atoms with E-state index in [1.807, 2.05) is 0 Å². The normalized spacial score (nSPS) is 18.3. The predicted octanol–water partition coefficient (Wildman–Crippen LogP) is 3.37. The van der Waals surface area contributed by atoms with Crippen molar-refractivity contribution in [3.63, 3.8) is 0 Å². The van der Waals surface area contributed by atoms with Gasteiger partial charge in [0.05, 0.1) is 11.4 Å². The van der Waals surface area contributed by atoms with Gasteiger partial charge in [0.2, 0.25) is 0 Å². The molecule has 1 aliphatic rings. The molecule has 0 fully saturated rings. The number of hydrogen-bond donors (Lipinski definition) is 0. The third-order valence-corrected chi connectivity index (χ3v) is 3.01. The Morgan fingerprint density at radius 3 is 2.50 bits per heavy atom. The molecule has 0 radical (unpaired) electrons. The van der Waals surface area contributed by atoms with Gasteiger partial charge in [-0.15, -0.1) is 0 Å². The fourth-order valence-corrected chi connectivity index (χ4v) is 2.21. The molecule has 1 aromatic rings. The van der Waals surface area contributed by atoms with Gasteiger partial charge in [0.25, 0.3) is 0 Å². The molecule has 2 rings (SSSR count). The lowest BCUT2D eigenvalue weighted by molar-refractivity contribution is 0.458. The lowest BCUT2D eigenvalue weighted by atomic mass is 9.77. The minimum atomic E-state index is 0.0916. The quantitative estimate of drug-likeness (QED) is 0.664. The minimum Gasteiger partial charge on any atom is -0.241 e. The second-order valence-corrected chi connectivity index (χ2v) is 6.33. The Hall–Kier alpha value is -1.18. The highest BCUT2D eigenvalue weighted by molar-refractivity contribution is 5.55. The summed E-state index contributed by atoms with van der Waals surface area (Å²) < 4.78 is 0. The number of fused-ring (bicyclic) bond motifs is 1. The summed E-state index contributed by atoms with van der Waals surface area (Å²) in [5.74, 6) is 0. The molecule has 0 bridgehead atoms. The lowest BCUT2D eigenvalue weighted by Gasteiger charge is -2.30. The zero-order valence-corrected chi connectivity index (χ0v) is 10.8. The van der Waals surface area contributed by atoms with Crippen molar-refractivity contribution in [3.8, 4) is 0 Å². The molecule has 0 aliphatic heterocycles. The van der Waals surface area contributed by atoms with Gasteiger partial charge in [0.1, 0.15) is 6.33 Å². The Labute approximate surface area is 97.8 Å². The van der Waals surface area contributed by atoms with E-state index < -0.39 is 0 Å². The van der Waals surface area contributed by atoms with Gasteiger partial charge in [-0.25, -0.2) is 9.97 Å². The minimum absolute atomic E-state index is 0.0916. The Morgan fingerprint density at radius 2 is 1.88 bits per heavy atom.